The smallest absolute Gasteiger partial charge is 0.137 e. The Bertz CT molecular complexity index is 2040. The van der Waals surface area contributed by atoms with Crippen molar-refractivity contribution in [3.63, 3.8) is 0 Å². The average Bonchev–Trinajstić information content (AvgIpc) is 3.50. The summed E-state index contributed by atoms with van der Waals surface area (Å²) in [6.07, 6.45) is 0. The highest BCUT2D eigenvalue weighted by molar-refractivity contribution is 9.10. The van der Waals surface area contributed by atoms with E-state index >= 15 is 0 Å². The van der Waals surface area contributed by atoms with E-state index in [2.05, 4.69) is 119 Å². The molecule has 0 radical (unpaired) electrons. The summed E-state index contributed by atoms with van der Waals surface area (Å²) >= 11 is 3.71. The van der Waals surface area contributed by atoms with Gasteiger partial charge in [0.05, 0.1) is 11.0 Å². The number of fused-ring (bicyclic) bond motifs is 9. The van der Waals surface area contributed by atoms with Gasteiger partial charge >= 0.3 is 0 Å². The zero-order chi connectivity index (χ0) is 24.2. The summed E-state index contributed by atoms with van der Waals surface area (Å²) < 4.78 is 9.75. The van der Waals surface area contributed by atoms with Crippen molar-refractivity contribution in [2.45, 2.75) is 19.3 Å². The van der Waals surface area contributed by atoms with Crippen LogP contribution in [0.25, 0.3) is 60.6 Å². The molecule has 0 spiro atoms. The molecule has 5 aromatic carbocycles. The van der Waals surface area contributed by atoms with Crippen LogP contribution in [-0.4, -0.2) is 4.57 Å². The Morgan fingerprint density at radius 1 is 0.639 bits per heavy atom. The number of para-hydroxylation sites is 1. The first-order valence-corrected chi connectivity index (χ1v) is 13.1. The molecular weight excluding hydrogens is 506 g/mol. The van der Waals surface area contributed by atoms with E-state index in [9.17, 15) is 0 Å². The molecule has 8 rings (SSSR count). The first-order valence-electron chi connectivity index (χ1n) is 12.3. The summed E-state index contributed by atoms with van der Waals surface area (Å²) in [5, 5.41) is 4.80. The number of nitrogens with zero attached hydrogens (tertiary/aromatic N) is 1. The van der Waals surface area contributed by atoms with Crippen LogP contribution in [-0.2, 0) is 5.41 Å². The van der Waals surface area contributed by atoms with Crippen molar-refractivity contribution in [1.82, 2.24) is 4.57 Å². The summed E-state index contributed by atoms with van der Waals surface area (Å²) in [4.78, 5) is 0. The highest BCUT2D eigenvalue weighted by atomic mass is 79.9. The van der Waals surface area contributed by atoms with Crippen LogP contribution in [0.3, 0.4) is 0 Å². The van der Waals surface area contributed by atoms with Gasteiger partial charge in [-0.1, -0.05) is 78.3 Å². The molecular formula is C33H22BrNO. The number of benzene rings is 5. The summed E-state index contributed by atoms with van der Waals surface area (Å²) in [7, 11) is 0. The minimum Gasteiger partial charge on any atom is -0.456 e. The molecule has 0 saturated heterocycles. The van der Waals surface area contributed by atoms with Crippen LogP contribution in [0.4, 0.5) is 0 Å². The van der Waals surface area contributed by atoms with Gasteiger partial charge in [-0.05, 0) is 64.7 Å². The van der Waals surface area contributed by atoms with Gasteiger partial charge in [-0.3, -0.25) is 0 Å². The number of hydrogen-bond donors (Lipinski definition) is 0. The zero-order valence-electron chi connectivity index (χ0n) is 20.0. The quantitative estimate of drug-likeness (QED) is 0.207. The Morgan fingerprint density at radius 2 is 1.47 bits per heavy atom. The highest BCUT2D eigenvalue weighted by Gasteiger charge is 2.36. The molecule has 0 bridgehead atoms. The van der Waals surface area contributed by atoms with E-state index in [1.54, 1.807) is 0 Å². The molecule has 2 aromatic heterocycles. The normalized spacial score (nSPS) is 14.2. The lowest BCUT2D eigenvalue weighted by Gasteiger charge is -2.21. The molecule has 36 heavy (non-hydrogen) atoms. The number of aromatic nitrogens is 1. The molecule has 172 valence electrons. The molecule has 0 N–H and O–H groups in total. The van der Waals surface area contributed by atoms with Crippen LogP contribution in [0, 0.1) is 0 Å². The van der Waals surface area contributed by atoms with E-state index in [-0.39, 0.29) is 5.41 Å². The maximum absolute atomic E-state index is 6.30. The third-order valence-corrected chi connectivity index (χ3v) is 8.72. The standard InChI is InChI=1S/C33H22BrNO/c1-33(2)25-10-5-3-8-20(25)23-17-24-21-9-4-6-12-28(21)35(29(24)18-26(23)33)19-14-15-22-31(16-19)36-30-13-7-11-27(34)32(22)30/h3-18H,1-2H3. The third-order valence-electron chi connectivity index (χ3n) is 8.06. The van der Waals surface area contributed by atoms with E-state index in [1.165, 1.54) is 44.1 Å². The fourth-order valence-electron chi connectivity index (χ4n) is 6.35. The van der Waals surface area contributed by atoms with E-state index in [4.69, 9.17) is 4.42 Å². The lowest BCUT2D eigenvalue weighted by Crippen LogP contribution is -2.14. The summed E-state index contributed by atoms with van der Waals surface area (Å²) in [6, 6.07) is 35.1. The van der Waals surface area contributed by atoms with E-state index in [0.717, 1.165) is 32.1 Å². The maximum Gasteiger partial charge on any atom is 0.137 e. The van der Waals surface area contributed by atoms with Crippen LogP contribution in [0.15, 0.2) is 106 Å². The number of hydrogen-bond acceptors (Lipinski definition) is 1. The Morgan fingerprint density at radius 3 is 2.39 bits per heavy atom. The molecule has 0 saturated carbocycles. The maximum atomic E-state index is 6.30. The van der Waals surface area contributed by atoms with Crippen molar-refractivity contribution >= 4 is 59.7 Å². The summed E-state index contributed by atoms with van der Waals surface area (Å²) in [6.45, 7) is 4.68. The van der Waals surface area contributed by atoms with E-state index in [1.807, 2.05) is 12.1 Å². The van der Waals surface area contributed by atoms with Gasteiger partial charge < -0.3 is 8.98 Å². The third kappa shape index (κ3) is 2.51. The van der Waals surface area contributed by atoms with Crippen LogP contribution in [0.2, 0.25) is 0 Å². The van der Waals surface area contributed by atoms with Crippen LogP contribution in [0.5, 0.6) is 0 Å². The van der Waals surface area contributed by atoms with E-state index in [0.29, 0.717) is 0 Å². The molecule has 1 aliphatic rings. The second-order valence-electron chi connectivity index (χ2n) is 10.3. The minimum absolute atomic E-state index is 0.0453. The van der Waals surface area contributed by atoms with E-state index < -0.39 is 0 Å². The first-order chi connectivity index (χ1) is 17.5. The second kappa shape index (κ2) is 6.89. The number of furan rings is 1. The molecule has 0 fully saturated rings. The van der Waals surface area contributed by atoms with Crippen LogP contribution < -0.4 is 0 Å². The van der Waals surface area contributed by atoms with Crippen molar-refractivity contribution in [3.8, 4) is 16.8 Å². The number of rotatable bonds is 1. The molecule has 1 aliphatic carbocycles. The molecule has 0 unspecified atom stereocenters. The second-order valence-corrected chi connectivity index (χ2v) is 11.2. The molecule has 7 aromatic rings. The lowest BCUT2D eigenvalue weighted by atomic mass is 9.82. The lowest BCUT2D eigenvalue weighted by molar-refractivity contribution is 0.661. The SMILES string of the molecule is CC1(C)c2ccccc2-c2cc3c4ccccc4n(-c4ccc5c(c4)oc4cccc(Br)c45)c3cc21. The molecule has 2 nitrogen and oxygen atoms in total. The number of halogens is 1. The van der Waals surface area contributed by atoms with Gasteiger partial charge in [0.2, 0.25) is 0 Å². The first kappa shape index (κ1) is 20.4. The predicted octanol–water partition coefficient (Wildman–Crippen LogP) is 9.75. The Balaban J connectivity index is 1.47. The fraction of sp³-hybridized carbons (Fsp3) is 0.0909. The highest BCUT2D eigenvalue weighted by Crippen LogP contribution is 2.51. The molecule has 2 heterocycles. The van der Waals surface area contributed by atoms with Gasteiger partial charge in [-0.2, -0.15) is 0 Å². The molecule has 0 amide bonds. The Hall–Kier alpha value is -3.82. The van der Waals surface area contributed by atoms with Crippen molar-refractivity contribution < 1.29 is 4.42 Å². The van der Waals surface area contributed by atoms with Crippen LogP contribution >= 0.6 is 15.9 Å². The Kier molecular flexibility index (Phi) is 3.90. The van der Waals surface area contributed by atoms with Gasteiger partial charge in [0.25, 0.3) is 0 Å². The predicted molar refractivity (Wildman–Crippen MR) is 153 cm³/mol. The average molecular weight is 528 g/mol. The van der Waals surface area contributed by atoms with Gasteiger partial charge in [-0.15, -0.1) is 0 Å². The zero-order valence-corrected chi connectivity index (χ0v) is 21.6. The van der Waals surface area contributed by atoms with Gasteiger partial charge in [-0.25, -0.2) is 0 Å². The van der Waals surface area contributed by atoms with Crippen molar-refractivity contribution in [1.29, 1.82) is 0 Å². The van der Waals surface area contributed by atoms with Crippen molar-refractivity contribution in [2.24, 2.45) is 0 Å². The summed E-state index contributed by atoms with van der Waals surface area (Å²) in [5.74, 6) is 0. The summed E-state index contributed by atoms with van der Waals surface area (Å²) in [5.41, 5.74) is 10.8. The van der Waals surface area contributed by atoms with Gasteiger partial charge in [0.1, 0.15) is 11.2 Å². The monoisotopic (exact) mass is 527 g/mol. The van der Waals surface area contributed by atoms with Gasteiger partial charge in [0.15, 0.2) is 0 Å². The topological polar surface area (TPSA) is 18.1 Å². The molecule has 0 atom stereocenters. The minimum atomic E-state index is -0.0453. The van der Waals surface area contributed by atoms with Gasteiger partial charge in [0, 0.05) is 43.2 Å². The molecule has 0 aliphatic heterocycles. The van der Waals surface area contributed by atoms with Crippen molar-refractivity contribution in [2.75, 3.05) is 0 Å². The largest absolute Gasteiger partial charge is 0.456 e. The Labute approximate surface area is 216 Å². The van der Waals surface area contributed by atoms with Crippen LogP contribution in [0.1, 0.15) is 25.0 Å². The fourth-order valence-corrected chi connectivity index (χ4v) is 6.91. The molecule has 3 heteroatoms. The van der Waals surface area contributed by atoms with Crippen molar-refractivity contribution in [3.05, 3.63) is 113 Å².